The van der Waals surface area contributed by atoms with Gasteiger partial charge in [0.15, 0.2) is 0 Å². The lowest BCUT2D eigenvalue weighted by atomic mass is 10.0. The number of rotatable bonds is 0. The molecular formula is C12H15FN2. The van der Waals surface area contributed by atoms with E-state index >= 15 is 0 Å². The molecule has 1 N–H and O–H groups in total. The van der Waals surface area contributed by atoms with Crippen molar-refractivity contribution in [1.29, 1.82) is 0 Å². The lowest BCUT2D eigenvalue weighted by Crippen LogP contribution is -2.41. The molecule has 3 rings (SSSR count). The highest BCUT2D eigenvalue weighted by Gasteiger charge is 2.35. The van der Waals surface area contributed by atoms with Gasteiger partial charge in [-0.3, -0.25) is 0 Å². The van der Waals surface area contributed by atoms with Crippen molar-refractivity contribution in [1.82, 2.24) is 0 Å². The van der Waals surface area contributed by atoms with Gasteiger partial charge in [-0.1, -0.05) is 6.92 Å². The van der Waals surface area contributed by atoms with Crippen molar-refractivity contribution in [2.24, 2.45) is 5.92 Å². The van der Waals surface area contributed by atoms with E-state index < -0.39 is 0 Å². The van der Waals surface area contributed by atoms with Crippen molar-refractivity contribution in [2.45, 2.75) is 19.4 Å². The van der Waals surface area contributed by atoms with E-state index in [2.05, 4.69) is 17.1 Å². The number of nitrogens with one attached hydrogen (secondary N) is 1. The number of hydrogen-bond acceptors (Lipinski definition) is 2. The highest BCUT2D eigenvalue weighted by molar-refractivity contribution is 5.73. The van der Waals surface area contributed by atoms with Crippen LogP contribution in [0.15, 0.2) is 18.2 Å². The Morgan fingerprint density at radius 2 is 2.33 bits per heavy atom. The first-order chi connectivity index (χ1) is 7.25. The number of anilines is 2. The van der Waals surface area contributed by atoms with Gasteiger partial charge in [-0.25, -0.2) is 4.39 Å². The molecule has 2 nitrogen and oxygen atoms in total. The summed E-state index contributed by atoms with van der Waals surface area (Å²) in [6.07, 6.45) is 1.21. The van der Waals surface area contributed by atoms with E-state index in [1.807, 2.05) is 6.07 Å². The molecule has 0 saturated carbocycles. The second-order valence-corrected chi connectivity index (χ2v) is 4.57. The highest BCUT2D eigenvalue weighted by atomic mass is 19.1. The zero-order chi connectivity index (χ0) is 10.4. The summed E-state index contributed by atoms with van der Waals surface area (Å²) in [6, 6.07) is 5.54. The molecule has 2 unspecified atom stereocenters. The van der Waals surface area contributed by atoms with Crippen LogP contribution in [-0.2, 0) is 0 Å². The van der Waals surface area contributed by atoms with E-state index in [9.17, 15) is 4.39 Å². The normalized spacial score (nSPS) is 28.3. The van der Waals surface area contributed by atoms with Crippen LogP contribution in [0, 0.1) is 11.7 Å². The third-order valence-electron chi connectivity index (χ3n) is 3.65. The van der Waals surface area contributed by atoms with Gasteiger partial charge in [-0.2, -0.15) is 0 Å². The van der Waals surface area contributed by atoms with E-state index in [0.29, 0.717) is 12.0 Å². The van der Waals surface area contributed by atoms with Crippen LogP contribution in [0.5, 0.6) is 0 Å². The zero-order valence-electron chi connectivity index (χ0n) is 8.83. The molecule has 0 aliphatic carbocycles. The van der Waals surface area contributed by atoms with Crippen molar-refractivity contribution < 1.29 is 4.39 Å². The first-order valence-corrected chi connectivity index (χ1v) is 5.56. The van der Waals surface area contributed by atoms with Gasteiger partial charge < -0.3 is 10.2 Å². The fourth-order valence-corrected chi connectivity index (χ4v) is 2.73. The molecule has 0 radical (unpaired) electrons. The molecule has 1 aromatic rings. The van der Waals surface area contributed by atoms with Crippen LogP contribution in [0.1, 0.15) is 13.3 Å². The maximum atomic E-state index is 13.2. The molecule has 2 heterocycles. The minimum atomic E-state index is -0.143. The van der Waals surface area contributed by atoms with Crippen LogP contribution >= 0.6 is 0 Å². The SMILES string of the molecule is CC1CCN2c3cc(F)ccc3NCC12. The van der Waals surface area contributed by atoms with Gasteiger partial charge in [0.1, 0.15) is 5.82 Å². The van der Waals surface area contributed by atoms with Gasteiger partial charge in [0, 0.05) is 19.1 Å². The molecular weight excluding hydrogens is 191 g/mol. The standard InChI is InChI=1S/C12H15FN2/c1-8-4-5-15-11-6-9(13)2-3-10(11)14-7-12(8)15/h2-3,6,8,12,14H,4-5,7H2,1H3. The minimum Gasteiger partial charge on any atom is -0.381 e. The quantitative estimate of drug-likeness (QED) is 0.701. The zero-order valence-corrected chi connectivity index (χ0v) is 8.83. The van der Waals surface area contributed by atoms with Crippen molar-refractivity contribution in [2.75, 3.05) is 23.3 Å². The molecule has 1 aromatic carbocycles. The number of halogens is 1. The Bertz CT molecular complexity index is 391. The van der Waals surface area contributed by atoms with E-state index in [0.717, 1.165) is 24.5 Å². The molecule has 3 heteroatoms. The molecule has 1 saturated heterocycles. The van der Waals surface area contributed by atoms with E-state index in [1.165, 1.54) is 12.5 Å². The Hall–Kier alpha value is -1.25. The molecule has 80 valence electrons. The molecule has 2 aliphatic heterocycles. The van der Waals surface area contributed by atoms with Gasteiger partial charge in [0.25, 0.3) is 0 Å². The van der Waals surface area contributed by atoms with Crippen molar-refractivity contribution in [3.05, 3.63) is 24.0 Å². The van der Waals surface area contributed by atoms with Gasteiger partial charge in [-0.15, -0.1) is 0 Å². The van der Waals surface area contributed by atoms with Gasteiger partial charge in [-0.05, 0) is 30.5 Å². The van der Waals surface area contributed by atoms with E-state index in [-0.39, 0.29) is 5.82 Å². The van der Waals surface area contributed by atoms with Crippen molar-refractivity contribution >= 4 is 11.4 Å². The van der Waals surface area contributed by atoms with Gasteiger partial charge in [0.2, 0.25) is 0 Å². The number of hydrogen-bond donors (Lipinski definition) is 1. The van der Waals surface area contributed by atoms with E-state index in [1.54, 1.807) is 6.07 Å². The van der Waals surface area contributed by atoms with Crippen LogP contribution in [0.3, 0.4) is 0 Å². The average Bonchev–Trinajstić information content (AvgIpc) is 2.61. The second-order valence-electron chi connectivity index (χ2n) is 4.57. The summed E-state index contributed by atoms with van der Waals surface area (Å²) in [7, 11) is 0. The molecule has 0 amide bonds. The Balaban J connectivity index is 2.04. The highest BCUT2D eigenvalue weighted by Crippen LogP contribution is 2.38. The van der Waals surface area contributed by atoms with Crippen LogP contribution in [0.2, 0.25) is 0 Å². The Morgan fingerprint density at radius 1 is 1.47 bits per heavy atom. The van der Waals surface area contributed by atoms with Crippen LogP contribution in [-0.4, -0.2) is 19.1 Å². The summed E-state index contributed by atoms with van der Waals surface area (Å²) < 4.78 is 13.2. The minimum absolute atomic E-state index is 0.143. The smallest absolute Gasteiger partial charge is 0.125 e. The molecule has 0 spiro atoms. The Morgan fingerprint density at radius 3 is 3.20 bits per heavy atom. The molecule has 2 atom stereocenters. The summed E-state index contributed by atoms with van der Waals surface area (Å²) in [5, 5.41) is 3.38. The molecule has 2 aliphatic rings. The van der Waals surface area contributed by atoms with Gasteiger partial charge >= 0.3 is 0 Å². The number of nitrogens with zero attached hydrogens (tertiary/aromatic N) is 1. The lowest BCUT2D eigenvalue weighted by Gasteiger charge is -2.36. The van der Waals surface area contributed by atoms with Crippen LogP contribution in [0.25, 0.3) is 0 Å². The third-order valence-corrected chi connectivity index (χ3v) is 3.65. The summed E-state index contributed by atoms with van der Waals surface area (Å²) in [4.78, 5) is 2.35. The monoisotopic (exact) mass is 206 g/mol. The fraction of sp³-hybridized carbons (Fsp3) is 0.500. The molecule has 0 bridgehead atoms. The van der Waals surface area contributed by atoms with Crippen LogP contribution in [0.4, 0.5) is 15.8 Å². The molecule has 1 fully saturated rings. The summed E-state index contributed by atoms with van der Waals surface area (Å²) in [6.45, 7) is 4.32. The van der Waals surface area contributed by atoms with Crippen molar-refractivity contribution in [3.63, 3.8) is 0 Å². The molecule has 15 heavy (non-hydrogen) atoms. The average molecular weight is 206 g/mol. The molecule has 0 aromatic heterocycles. The predicted octanol–water partition coefficient (Wildman–Crippen LogP) is 2.47. The van der Waals surface area contributed by atoms with Crippen molar-refractivity contribution in [3.8, 4) is 0 Å². The third kappa shape index (κ3) is 1.29. The number of benzene rings is 1. The predicted molar refractivity (Wildman–Crippen MR) is 59.8 cm³/mol. The van der Waals surface area contributed by atoms with E-state index in [4.69, 9.17) is 0 Å². The largest absolute Gasteiger partial charge is 0.381 e. The Kier molecular flexibility index (Phi) is 1.87. The first-order valence-electron chi connectivity index (χ1n) is 5.56. The maximum Gasteiger partial charge on any atom is 0.125 e. The summed E-state index contributed by atoms with van der Waals surface area (Å²) in [5.41, 5.74) is 2.11. The maximum absolute atomic E-state index is 13.2. The Labute approximate surface area is 89.1 Å². The summed E-state index contributed by atoms with van der Waals surface area (Å²) >= 11 is 0. The lowest BCUT2D eigenvalue weighted by molar-refractivity contribution is 0.522. The second kappa shape index (κ2) is 3.12. The van der Waals surface area contributed by atoms with Gasteiger partial charge in [0.05, 0.1) is 11.4 Å². The first kappa shape index (κ1) is 9.01. The van der Waals surface area contributed by atoms with Crippen LogP contribution < -0.4 is 10.2 Å². The topological polar surface area (TPSA) is 15.3 Å². The fourth-order valence-electron chi connectivity index (χ4n) is 2.73. The number of fused-ring (bicyclic) bond motifs is 3. The summed E-state index contributed by atoms with van der Waals surface area (Å²) in [5.74, 6) is 0.560.